The van der Waals surface area contributed by atoms with E-state index in [0.717, 1.165) is 17.4 Å². The van der Waals surface area contributed by atoms with Crippen LogP contribution in [-0.4, -0.2) is 23.4 Å². The number of aryl methyl sites for hydroxylation is 1. The summed E-state index contributed by atoms with van der Waals surface area (Å²) < 4.78 is 6.73. The van der Waals surface area contributed by atoms with E-state index in [1.807, 2.05) is 37.4 Å². The molecule has 4 nitrogen and oxygen atoms in total. The molecule has 1 heterocycles. The van der Waals surface area contributed by atoms with E-state index in [1.165, 1.54) is 7.11 Å². The first-order chi connectivity index (χ1) is 11.2. The first kappa shape index (κ1) is 15.0. The van der Waals surface area contributed by atoms with Crippen molar-refractivity contribution in [3.63, 3.8) is 0 Å². The fraction of sp³-hybridized carbons (Fsp3) is 0.158. The highest BCUT2D eigenvalue weighted by molar-refractivity contribution is 6.16. The number of fused-ring (bicyclic) bond motifs is 1. The molecule has 0 fully saturated rings. The van der Waals surface area contributed by atoms with Crippen LogP contribution in [0.2, 0.25) is 0 Å². The lowest BCUT2D eigenvalue weighted by atomic mass is 10.0. The molecule has 0 unspecified atom stereocenters. The van der Waals surface area contributed by atoms with Gasteiger partial charge in [0, 0.05) is 34.8 Å². The van der Waals surface area contributed by atoms with Crippen LogP contribution in [-0.2, 0) is 11.3 Å². The number of methoxy groups -OCH3 is 1. The number of ketones is 1. The third kappa shape index (κ3) is 2.63. The summed E-state index contributed by atoms with van der Waals surface area (Å²) >= 11 is 0. The van der Waals surface area contributed by atoms with Crippen molar-refractivity contribution >= 4 is 22.7 Å². The second-order valence-corrected chi connectivity index (χ2v) is 5.24. The molecule has 0 saturated carbocycles. The topological polar surface area (TPSA) is 48.3 Å². The zero-order valence-electron chi connectivity index (χ0n) is 13.1. The number of aromatic nitrogens is 1. The Morgan fingerprint density at radius 3 is 2.30 bits per heavy atom. The number of benzene rings is 2. The van der Waals surface area contributed by atoms with Gasteiger partial charge in [0.1, 0.15) is 0 Å². The van der Waals surface area contributed by atoms with Gasteiger partial charge in [0.2, 0.25) is 0 Å². The van der Waals surface area contributed by atoms with Crippen molar-refractivity contribution in [2.75, 3.05) is 7.11 Å². The summed E-state index contributed by atoms with van der Waals surface area (Å²) in [5.74, 6) is -0.462. The van der Waals surface area contributed by atoms with Gasteiger partial charge >= 0.3 is 5.97 Å². The number of esters is 1. The molecular formula is C19H17NO3. The summed E-state index contributed by atoms with van der Waals surface area (Å²) in [5.41, 5.74) is 2.70. The average molecular weight is 307 g/mol. The summed E-state index contributed by atoms with van der Waals surface area (Å²) in [6.45, 7) is 2.85. The maximum atomic E-state index is 12.8. The lowest BCUT2D eigenvalue weighted by Crippen LogP contribution is -2.04. The molecule has 0 N–H and O–H groups in total. The van der Waals surface area contributed by atoms with Crippen LogP contribution in [0.5, 0.6) is 0 Å². The van der Waals surface area contributed by atoms with Gasteiger partial charge in [-0.3, -0.25) is 4.79 Å². The molecule has 3 rings (SSSR count). The van der Waals surface area contributed by atoms with Crippen molar-refractivity contribution in [3.05, 3.63) is 71.4 Å². The van der Waals surface area contributed by atoms with Gasteiger partial charge in [0.15, 0.2) is 5.78 Å². The van der Waals surface area contributed by atoms with Gasteiger partial charge in [-0.25, -0.2) is 4.79 Å². The number of carbonyl (C=O) groups excluding carboxylic acids is 2. The molecule has 0 aliphatic carbocycles. The molecule has 116 valence electrons. The van der Waals surface area contributed by atoms with Crippen LogP contribution in [0.25, 0.3) is 10.9 Å². The minimum Gasteiger partial charge on any atom is -0.465 e. The van der Waals surface area contributed by atoms with Crippen LogP contribution in [0.15, 0.2) is 54.7 Å². The Morgan fingerprint density at radius 2 is 1.65 bits per heavy atom. The van der Waals surface area contributed by atoms with E-state index in [9.17, 15) is 9.59 Å². The van der Waals surface area contributed by atoms with Crippen LogP contribution < -0.4 is 0 Å². The van der Waals surface area contributed by atoms with Crippen molar-refractivity contribution in [1.29, 1.82) is 0 Å². The van der Waals surface area contributed by atoms with Crippen molar-refractivity contribution < 1.29 is 14.3 Å². The maximum absolute atomic E-state index is 12.8. The van der Waals surface area contributed by atoms with Gasteiger partial charge in [-0.1, -0.05) is 30.3 Å². The zero-order valence-corrected chi connectivity index (χ0v) is 13.1. The largest absolute Gasteiger partial charge is 0.465 e. The zero-order chi connectivity index (χ0) is 16.4. The number of hydrogen-bond acceptors (Lipinski definition) is 3. The van der Waals surface area contributed by atoms with Crippen molar-refractivity contribution in [1.82, 2.24) is 4.57 Å². The monoisotopic (exact) mass is 307 g/mol. The minimum atomic E-state index is -0.411. The number of hydrogen-bond donors (Lipinski definition) is 0. The lowest BCUT2D eigenvalue weighted by molar-refractivity contribution is 0.0600. The van der Waals surface area contributed by atoms with E-state index in [1.54, 1.807) is 24.3 Å². The number of rotatable bonds is 4. The van der Waals surface area contributed by atoms with Gasteiger partial charge in [-0.05, 0) is 25.1 Å². The quantitative estimate of drug-likeness (QED) is 0.546. The highest BCUT2D eigenvalue weighted by atomic mass is 16.5. The number of carbonyl (C=O) groups is 2. The Morgan fingerprint density at radius 1 is 1.00 bits per heavy atom. The highest BCUT2D eigenvalue weighted by Gasteiger charge is 2.16. The molecule has 0 aliphatic rings. The molecule has 0 amide bonds. The highest BCUT2D eigenvalue weighted by Crippen LogP contribution is 2.24. The number of nitrogens with zero attached hydrogens (tertiary/aromatic N) is 1. The summed E-state index contributed by atoms with van der Waals surface area (Å²) in [6, 6.07) is 14.4. The van der Waals surface area contributed by atoms with E-state index >= 15 is 0 Å². The summed E-state index contributed by atoms with van der Waals surface area (Å²) in [4.78, 5) is 24.3. The molecule has 0 bridgehead atoms. The number of ether oxygens (including phenoxy) is 1. The lowest BCUT2D eigenvalue weighted by Gasteiger charge is -2.02. The van der Waals surface area contributed by atoms with Gasteiger partial charge < -0.3 is 9.30 Å². The molecule has 2 aromatic carbocycles. The fourth-order valence-electron chi connectivity index (χ4n) is 2.72. The molecule has 0 atom stereocenters. The minimum absolute atomic E-state index is 0.0511. The molecule has 1 aromatic heterocycles. The van der Waals surface area contributed by atoms with Crippen molar-refractivity contribution in [3.8, 4) is 0 Å². The van der Waals surface area contributed by atoms with Crippen LogP contribution in [0, 0.1) is 0 Å². The molecule has 0 radical (unpaired) electrons. The predicted molar refractivity (Wildman–Crippen MR) is 88.8 cm³/mol. The Hall–Kier alpha value is -2.88. The Kier molecular flexibility index (Phi) is 3.98. The third-order valence-corrected chi connectivity index (χ3v) is 3.94. The average Bonchev–Trinajstić information content (AvgIpc) is 2.99. The van der Waals surface area contributed by atoms with Crippen LogP contribution in [0.1, 0.15) is 33.2 Å². The molecule has 0 aliphatic heterocycles. The Balaban J connectivity index is 2.02. The third-order valence-electron chi connectivity index (χ3n) is 3.94. The van der Waals surface area contributed by atoms with Crippen LogP contribution in [0.3, 0.4) is 0 Å². The molecule has 23 heavy (non-hydrogen) atoms. The Bertz CT molecular complexity index is 875. The van der Waals surface area contributed by atoms with Gasteiger partial charge in [-0.2, -0.15) is 0 Å². The normalized spacial score (nSPS) is 10.7. The van der Waals surface area contributed by atoms with E-state index in [0.29, 0.717) is 16.7 Å². The van der Waals surface area contributed by atoms with Gasteiger partial charge in [0.05, 0.1) is 12.7 Å². The second-order valence-electron chi connectivity index (χ2n) is 5.24. The summed E-state index contributed by atoms with van der Waals surface area (Å²) in [5, 5.41) is 0.941. The molecule has 0 saturated heterocycles. The van der Waals surface area contributed by atoms with E-state index in [2.05, 4.69) is 9.30 Å². The standard InChI is InChI=1S/C19H17NO3/c1-3-20-12-16(15-6-4-5-7-17(15)20)18(21)13-8-10-14(11-9-13)19(22)23-2/h4-12H,3H2,1-2H3. The molecule has 0 spiro atoms. The van der Waals surface area contributed by atoms with Crippen LogP contribution >= 0.6 is 0 Å². The smallest absolute Gasteiger partial charge is 0.337 e. The SMILES string of the molecule is CCn1cc(C(=O)c2ccc(C(=O)OC)cc2)c2ccccc21. The van der Waals surface area contributed by atoms with E-state index < -0.39 is 5.97 Å². The summed E-state index contributed by atoms with van der Waals surface area (Å²) in [6.07, 6.45) is 1.89. The van der Waals surface area contributed by atoms with Crippen LogP contribution in [0.4, 0.5) is 0 Å². The Labute approximate surface area is 134 Å². The molecular weight excluding hydrogens is 290 g/mol. The predicted octanol–water partition coefficient (Wildman–Crippen LogP) is 3.68. The van der Waals surface area contributed by atoms with E-state index in [-0.39, 0.29) is 5.78 Å². The molecule has 3 aromatic rings. The van der Waals surface area contributed by atoms with Crippen molar-refractivity contribution in [2.45, 2.75) is 13.5 Å². The second kappa shape index (κ2) is 6.08. The van der Waals surface area contributed by atoms with E-state index in [4.69, 9.17) is 0 Å². The fourth-order valence-corrected chi connectivity index (χ4v) is 2.72. The first-order valence-corrected chi connectivity index (χ1v) is 7.46. The van der Waals surface area contributed by atoms with Gasteiger partial charge in [-0.15, -0.1) is 0 Å². The number of para-hydroxylation sites is 1. The van der Waals surface area contributed by atoms with Crippen molar-refractivity contribution in [2.24, 2.45) is 0 Å². The first-order valence-electron chi connectivity index (χ1n) is 7.46. The molecule has 4 heteroatoms. The van der Waals surface area contributed by atoms with Gasteiger partial charge in [0.25, 0.3) is 0 Å². The maximum Gasteiger partial charge on any atom is 0.337 e. The summed E-state index contributed by atoms with van der Waals surface area (Å²) in [7, 11) is 1.33.